The second-order valence-corrected chi connectivity index (χ2v) is 3.52. The van der Waals surface area contributed by atoms with Crippen LogP contribution in [0.25, 0.3) is 0 Å². The van der Waals surface area contributed by atoms with E-state index in [0.29, 0.717) is 19.2 Å². The van der Waals surface area contributed by atoms with Gasteiger partial charge in [-0.05, 0) is 18.9 Å². The summed E-state index contributed by atoms with van der Waals surface area (Å²) in [6.07, 6.45) is 5.67. The maximum Gasteiger partial charge on any atom is 0.125 e. The molecule has 3 heteroatoms. The average Bonchev–Trinajstić information content (AvgIpc) is 2.04. The SMILES string of the molecule is FC1CN(CC2CCC=CO2)C1. The maximum atomic E-state index is 12.4. The van der Waals surface area contributed by atoms with E-state index in [0.717, 1.165) is 19.4 Å². The molecule has 68 valence electrons. The summed E-state index contributed by atoms with van der Waals surface area (Å²) in [4.78, 5) is 2.11. The summed E-state index contributed by atoms with van der Waals surface area (Å²) < 4.78 is 17.8. The van der Waals surface area contributed by atoms with Gasteiger partial charge in [-0.1, -0.05) is 0 Å². The van der Waals surface area contributed by atoms with Crippen molar-refractivity contribution >= 4 is 0 Å². The lowest BCUT2D eigenvalue weighted by Gasteiger charge is -2.36. The zero-order valence-corrected chi connectivity index (χ0v) is 7.08. The first kappa shape index (κ1) is 8.05. The van der Waals surface area contributed by atoms with Crippen LogP contribution in [0.1, 0.15) is 12.8 Å². The van der Waals surface area contributed by atoms with E-state index in [4.69, 9.17) is 4.74 Å². The first-order chi connectivity index (χ1) is 5.84. The van der Waals surface area contributed by atoms with Gasteiger partial charge in [0.25, 0.3) is 0 Å². The van der Waals surface area contributed by atoms with Gasteiger partial charge in [0, 0.05) is 19.6 Å². The molecule has 0 amide bonds. The van der Waals surface area contributed by atoms with Gasteiger partial charge in [0.2, 0.25) is 0 Å². The van der Waals surface area contributed by atoms with Crippen LogP contribution in [0.4, 0.5) is 4.39 Å². The van der Waals surface area contributed by atoms with E-state index in [-0.39, 0.29) is 0 Å². The summed E-state index contributed by atoms with van der Waals surface area (Å²) in [5.41, 5.74) is 0. The molecule has 2 heterocycles. The molecule has 0 saturated carbocycles. The Morgan fingerprint density at radius 2 is 2.33 bits per heavy atom. The molecule has 0 aromatic heterocycles. The molecule has 2 aliphatic rings. The smallest absolute Gasteiger partial charge is 0.125 e. The third-order valence-electron chi connectivity index (χ3n) is 2.40. The summed E-state index contributed by atoms with van der Waals surface area (Å²) >= 11 is 0. The number of alkyl halides is 1. The molecule has 0 N–H and O–H groups in total. The summed E-state index contributed by atoms with van der Waals surface area (Å²) in [7, 11) is 0. The minimum Gasteiger partial charge on any atom is -0.497 e. The van der Waals surface area contributed by atoms with Crippen LogP contribution in [0.3, 0.4) is 0 Å². The van der Waals surface area contributed by atoms with Crippen molar-refractivity contribution in [3.05, 3.63) is 12.3 Å². The van der Waals surface area contributed by atoms with E-state index >= 15 is 0 Å². The number of nitrogens with zero attached hydrogens (tertiary/aromatic N) is 1. The molecule has 2 nitrogen and oxygen atoms in total. The molecule has 1 saturated heterocycles. The van der Waals surface area contributed by atoms with Gasteiger partial charge in [-0.15, -0.1) is 0 Å². The van der Waals surface area contributed by atoms with Gasteiger partial charge in [0.1, 0.15) is 12.3 Å². The summed E-state index contributed by atoms with van der Waals surface area (Å²) in [6.45, 7) is 2.10. The van der Waals surface area contributed by atoms with E-state index < -0.39 is 6.17 Å². The minimum absolute atomic E-state index is 0.294. The van der Waals surface area contributed by atoms with Crippen molar-refractivity contribution in [3.63, 3.8) is 0 Å². The molecule has 2 aliphatic heterocycles. The fourth-order valence-corrected chi connectivity index (χ4v) is 1.66. The van der Waals surface area contributed by atoms with Crippen molar-refractivity contribution in [3.8, 4) is 0 Å². The van der Waals surface area contributed by atoms with Gasteiger partial charge >= 0.3 is 0 Å². The number of halogens is 1. The van der Waals surface area contributed by atoms with Gasteiger partial charge in [0.15, 0.2) is 0 Å². The fraction of sp³-hybridized carbons (Fsp3) is 0.778. The van der Waals surface area contributed by atoms with Gasteiger partial charge < -0.3 is 4.74 Å². The van der Waals surface area contributed by atoms with Crippen LogP contribution in [-0.4, -0.2) is 36.8 Å². The van der Waals surface area contributed by atoms with E-state index in [1.165, 1.54) is 0 Å². The molecule has 2 rings (SSSR count). The standard InChI is InChI=1S/C9H14FNO/c10-8-5-11(6-8)7-9-3-1-2-4-12-9/h2,4,8-9H,1,3,5-7H2. The molecule has 0 radical (unpaired) electrons. The molecule has 12 heavy (non-hydrogen) atoms. The van der Waals surface area contributed by atoms with Crippen molar-refractivity contribution in [2.45, 2.75) is 25.1 Å². The number of hydrogen-bond donors (Lipinski definition) is 0. The number of ether oxygens (including phenoxy) is 1. The van der Waals surface area contributed by atoms with Gasteiger partial charge in [-0.3, -0.25) is 4.90 Å². The Labute approximate surface area is 72.0 Å². The summed E-state index contributed by atoms with van der Waals surface area (Å²) in [5, 5.41) is 0. The molecule has 0 bridgehead atoms. The molecule has 0 aromatic carbocycles. The number of allylic oxidation sites excluding steroid dienone is 1. The maximum absolute atomic E-state index is 12.4. The number of hydrogen-bond acceptors (Lipinski definition) is 2. The Morgan fingerprint density at radius 3 is 2.92 bits per heavy atom. The number of likely N-dealkylation sites (tertiary alicyclic amines) is 1. The van der Waals surface area contributed by atoms with Gasteiger partial charge in [0.05, 0.1) is 6.26 Å². The Kier molecular flexibility index (Phi) is 2.30. The van der Waals surface area contributed by atoms with E-state index in [1.54, 1.807) is 6.26 Å². The molecular formula is C9H14FNO. The largest absolute Gasteiger partial charge is 0.497 e. The molecule has 1 fully saturated rings. The molecular weight excluding hydrogens is 157 g/mol. The highest BCUT2D eigenvalue weighted by Crippen LogP contribution is 2.16. The monoisotopic (exact) mass is 171 g/mol. The lowest BCUT2D eigenvalue weighted by molar-refractivity contribution is 0.0109. The molecule has 1 atom stereocenters. The second-order valence-electron chi connectivity index (χ2n) is 3.52. The zero-order chi connectivity index (χ0) is 8.39. The first-order valence-electron chi connectivity index (χ1n) is 4.51. The molecule has 0 spiro atoms. The van der Waals surface area contributed by atoms with Crippen molar-refractivity contribution in [2.24, 2.45) is 0 Å². The highest BCUT2D eigenvalue weighted by atomic mass is 19.1. The van der Waals surface area contributed by atoms with Gasteiger partial charge in [-0.25, -0.2) is 4.39 Å². The van der Waals surface area contributed by atoms with Crippen LogP contribution in [0.2, 0.25) is 0 Å². The van der Waals surface area contributed by atoms with Crippen molar-refractivity contribution in [2.75, 3.05) is 19.6 Å². The van der Waals surface area contributed by atoms with E-state index in [2.05, 4.69) is 4.90 Å². The quantitative estimate of drug-likeness (QED) is 0.621. The van der Waals surface area contributed by atoms with E-state index in [9.17, 15) is 4.39 Å². The third-order valence-corrected chi connectivity index (χ3v) is 2.40. The predicted octanol–water partition coefficient (Wildman–Crippen LogP) is 1.33. The number of rotatable bonds is 2. The van der Waals surface area contributed by atoms with Crippen LogP contribution >= 0.6 is 0 Å². The lowest BCUT2D eigenvalue weighted by atomic mass is 10.1. The Hall–Kier alpha value is -0.570. The fourth-order valence-electron chi connectivity index (χ4n) is 1.66. The van der Waals surface area contributed by atoms with E-state index in [1.807, 2.05) is 6.08 Å². The summed E-state index contributed by atoms with van der Waals surface area (Å²) in [5.74, 6) is 0. The zero-order valence-electron chi connectivity index (χ0n) is 7.08. The normalized spacial score (nSPS) is 31.2. The van der Waals surface area contributed by atoms with Crippen molar-refractivity contribution in [1.82, 2.24) is 4.90 Å². The molecule has 0 aromatic rings. The third kappa shape index (κ3) is 1.78. The minimum atomic E-state index is -0.593. The van der Waals surface area contributed by atoms with Crippen LogP contribution in [0, 0.1) is 0 Å². The van der Waals surface area contributed by atoms with Crippen LogP contribution in [0.5, 0.6) is 0 Å². The predicted molar refractivity (Wildman–Crippen MR) is 44.6 cm³/mol. The Balaban J connectivity index is 1.69. The Morgan fingerprint density at radius 1 is 1.50 bits per heavy atom. The second kappa shape index (κ2) is 3.44. The lowest BCUT2D eigenvalue weighted by Crippen LogP contribution is -2.51. The Bertz CT molecular complexity index is 177. The van der Waals surface area contributed by atoms with Crippen LogP contribution in [-0.2, 0) is 4.74 Å². The highest BCUT2D eigenvalue weighted by Gasteiger charge is 2.28. The van der Waals surface area contributed by atoms with Crippen molar-refractivity contribution in [1.29, 1.82) is 0 Å². The topological polar surface area (TPSA) is 12.5 Å². The van der Waals surface area contributed by atoms with Gasteiger partial charge in [-0.2, -0.15) is 0 Å². The molecule has 1 unspecified atom stereocenters. The average molecular weight is 171 g/mol. The van der Waals surface area contributed by atoms with Crippen LogP contribution in [0.15, 0.2) is 12.3 Å². The highest BCUT2D eigenvalue weighted by molar-refractivity contribution is 4.87. The summed E-state index contributed by atoms with van der Waals surface area (Å²) in [6, 6.07) is 0. The first-order valence-corrected chi connectivity index (χ1v) is 4.51. The van der Waals surface area contributed by atoms with Crippen LogP contribution < -0.4 is 0 Å². The van der Waals surface area contributed by atoms with Crippen molar-refractivity contribution < 1.29 is 9.13 Å². The molecule has 0 aliphatic carbocycles.